The zero-order valence-corrected chi connectivity index (χ0v) is 13.8. The summed E-state index contributed by atoms with van der Waals surface area (Å²) in [5.41, 5.74) is 1.66. The molecular weight excluding hydrogens is 347 g/mol. The van der Waals surface area contributed by atoms with E-state index in [2.05, 4.69) is 15.3 Å². The Morgan fingerprint density at radius 3 is 2.67 bits per heavy atom. The van der Waals surface area contributed by atoms with Gasteiger partial charge in [-0.05, 0) is 35.9 Å². The van der Waals surface area contributed by atoms with Crippen LogP contribution in [0.1, 0.15) is 10.6 Å². The van der Waals surface area contributed by atoms with Crippen molar-refractivity contribution in [3.8, 4) is 11.4 Å². The van der Waals surface area contributed by atoms with E-state index >= 15 is 0 Å². The molecule has 2 heterocycles. The molecule has 0 bridgehead atoms. The molecule has 0 aliphatic carbocycles. The molecule has 2 aromatic carbocycles. The van der Waals surface area contributed by atoms with Crippen LogP contribution in [0.2, 0.25) is 5.02 Å². The fraction of sp³-hybridized carbons (Fsp3) is 0. The van der Waals surface area contributed by atoms with Crippen LogP contribution in [0.4, 0.5) is 4.39 Å². The topological polar surface area (TPSA) is 43.1 Å². The van der Waals surface area contributed by atoms with Gasteiger partial charge in [0.1, 0.15) is 10.8 Å². The average Bonchev–Trinajstić information content (AvgIpc) is 3.14. The summed E-state index contributed by atoms with van der Waals surface area (Å²) in [7, 11) is 0. The molecule has 0 aliphatic heterocycles. The first-order valence-electron chi connectivity index (χ1n) is 7.11. The van der Waals surface area contributed by atoms with E-state index in [1.165, 1.54) is 23.5 Å². The van der Waals surface area contributed by atoms with Gasteiger partial charge in [-0.15, -0.1) is 10.2 Å². The van der Waals surface area contributed by atoms with Crippen LogP contribution < -0.4 is 0 Å². The second-order valence-corrected chi connectivity index (χ2v) is 6.48. The van der Waals surface area contributed by atoms with Crippen LogP contribution in [0.15, 0.2) is 48.5 Å². The molecule has 0 aliphatic rings. The van der Waals surface area contributed by atoms with E-state index in [9.17, 15) is 4.39 Å². The Hall–Kier alpha value is -2.57. The minimum Gasteiger partial charge on any atom is -0.207 e. The van der Waals surface area contributed by atoms with Crippen molar-refractivity contribution in [3.05, 3.63) is 69.9 Å². The van der Waals surface area contributed by atoms with Crippen LogP contribution in [0.5, 0.6) is 0 Å². The maximum Gasteiger partial charge on any atom is 0.235 e. The van der Waals surface area contributed by atoms with Crippen LogP contribution >= 0.6 is 22.9 Å². The fourth-order valence-corrected chi connectivity index (χ4v) is 3.12. The number of rotatable bonds is 3. The first kappa shape index (κ1) is 15.0. The number of fused-ring (bicyclic) bond motifs is 1. The molecular formula is C17H10ClFN4S. The number of hydrogen-bond donors (Lipinski definition) is 0. The molecule has 0 unspecified atom stereocenters. The summed E-state index contributed by atoms with van der Waals surface area (Å²) in [6, 6.07) is 13.8. The van der Waals surface area contributed by atoms with Gasteiger partial charge in [0.25, 0.3) is 0 Å². The third-order valence-electron chi connectivity index (χ3n) is 3.38. The molecule has 0 saturated carbocycles. The molecule has 7 heteroatoms. The van der Waals surface area contributed by atoms with Gasteiger partial charge < -0.3 is 0 Å². The lowest BCUT2D eigenvalue weighted by molar-refractivity contribution is 0.628. The predicted molar refractivity (Wildman–Crippen MR) is 94.4 cm³/mol. The van der Waals surface area contributed by atoms with Crippen LogP contribution in [0, 0.1) is 5.82 Å². The standard InChI is InChI=1S/C17H10ClFN4S/c18-13-7-4-11(5-8-13)6-9-15-22-23-16(20-21-17(23)24-15)12-2-1-3-14(19)10-12/h1-10H. The highest BCUT2D eigenvalue weighted by atomic mass is 35.5. The molecule has 4 rings (SSSR count). The van der Waals surface area contributed by atoms with Crippen molar-refractivity contribution in [1.82, 2.24) is 19.8 Å². The van der Waals surface area contributed by atoms with Crippen LogP contribution in [0.25, 0.3) is 28.5 Å². The second kappa shape index (κ2) is 6.14. The summed E-state index contributed by atoms with van der Waals surface area (Å²) in [6.45, 7) is 0. The quantitative estimate of drug-likeness (QED) is 0.528. The third kappa shape index (κ3) is 2.93. The maximum atomic E-state index is 13.4. The average molecular weight is 357 g/mol. The smallest absolute Gasteiger partial charge is 0.207 e. The monoisotopic (exact) mass is 356 g/mol. The van der Waals surface area contributed by atoms with E-state index in [0.29, 0.717) is 21.4 Å². The molecule has 0 fully saturated rings. The van der Waals surface area contributed by atoms with Crippen LogP contribution in [-0.4, -0.2) is 19.8 Å². The van der Waals surface area contributed by atoms with Gasteiger partial charge in [-0.1, -0.05) is 53.3 Å². The molecule has 24 heavy (non-hydrogen) atoms. The molecule has 0 atom stereocenters. The molecule has 2 aromatic heterocycles. The predicted octanol–water partition coefficient (Wildman–Crippen LogP) is 4.82. The van der Waals surface area contributed by atoms with Crippen molar-refractivity contribution in [2.45, 2.75) is 0 Å². The lowest BCUT2D eigenvalue weighted by Gasteiger charge is -1.96. The summed E-state index contributed by atoms with van der Waals surface area (Å²) >= 11 is 7.29. The van der Waals surface area contributed by atoms with E-state index < -0.39 is 0 Å². The molecule has 4 nitrogen and oxygen atoms in total. The summed E-state index contributed by atoms with van der Waals surface area (Å²) < 4.78 is 15.0. The summed E-state index contributed by atoms with van der Waals surface area (Å²) in [5, 5.41) is 14.2. The first-order chi connectivity index (χ1) is 11.7. The number of nitrogens with zero attached hydrogens (tertiary/aromatic N) is 4. The van der Waals surface area contributed by atoms with Crippen molar-refractivity contribution < 1.29 is 4.39 Å². The second-order valence-electron chi connectivity index (χ2n) is 5.05. The third-order valence-corrected chi connectivity index (χ3v) is 4.49. The Morgan fingerprint density at radius 2 is 1.88 bits per heavy atom. The largest absolute Gasteiger partial charge is 0.235 e. The Morgan fingerprint density at radius 1 is 1.04 bits per heavy atom. The highest BCUT2D eigenvalue weighted by Crippen LogP contribution is 2.23. The number of hydrogen-bond acceptors (Lipinski definition) is 4. The molecule has 0 radical (unpaired) electrons. The zero-order chi connectivity index (χ0) is 16.5. The van der Waals surface area contributed by atoms with Crippen LogP contribution in [0.3, 0.4) is 0 Å². The van der Waals surface area contributed by atoms with Crippen molar-refractivity contribution in [2.75, 3.05) is 0 Å². The fourth-order valence-electron chi connectivity index (χ4n) is 2.25. The summed E-state index contributed by atoms with van der Waals surface area (Å²) in [4.78, 5) is 0.657. The van der Waals surface area contributed by atoms with E-state index in [1.54, 1.807) is 16.6 Å². The zero-order valence-electron chi connectivity index (χ0n) is 12.2. The normalized spacial score (nSPS) is 11.6. The van der Waals surface area contributed by atoms with E-state index in [0.717, 1.165) is 10.6 Å². The Bertz CT molecular complexity index is 1040. The molecule has 4 aromatic rings. The van der Waals surface area contributed by atoms with Crippen molar-refractivity contribution in [3.63, 3.8) is 0 Å². The number of halogens is 2. The molecule has 0 amide bonds. The Balaban J connectivity index is 1.68. The van der Waals surface area contributed by atoms with E-state index in [1.807, 2.05) is 36.4 Å². The highest BCUT2D eigenvalue weighted by molar-refractivity contribution is 7.17. The maximum absolute atomic E-state index is 13.4. The first-order valence-corrected chi connectivity index (χ1v) is 8.30. The van der Waals surface area contributed by atoms with Crippen LogP contribution in [-0.2, 0) is 0 Å². The van der Waals surface area contributed by atoms with Gasteiger partial charge in [-0.3, -0.25) is 0 Å². The molecule has 0 saturated heterocycles. The van der Waals surface area contributed by atoms with Gasteiger partial charge in [-0.25, -0.2) is 4.39 Å². The Kier molecular flexibility index (Phi) is 3.84. The summed E-state index contributed by atoms with van der Waals surface area (Å²) in [5.74, 6) is 0.203. The van der Waals surface area contributed by atoms with Gasteiger partial charge >= 0.3 is 0 Å². The molecule has 0 spiro atoms. The minimum atomic E-state index is -0.317. The van der Waals surface area contributed by atoms with Gasteiger partial charge in [0.15, 0.2) is 5.82 Å². The lowest BCUT2D eigenvalue weighted by atomic mass is 10.2. The minimum absolute atomic E-state index is 0.317. The van der Waals surface area contributed by atoms with Gasteiger partial charge in [-0.2, -0.15) is 9.61 Å². The van der Waals surface area contributed by atoms with Gasteiger partial charge in [0.05, 0.1) is 0 Å². The van der Waals surface area contributed by atoms with E-state index in [4.69, 9.17) is 11.6 Å². The van der Waals surface area contributed by atoms with Crippen molar-refractivity contribution in [2.24, 2.45) is 0 Å². The van der Waals surface area contributed by atoms with E-state index in [-0.39, 0.29) is 5.82 Å². The van der Waals surface area contributed by atoms with Crippen molar-refractivity contribution in [1.29, 1.82) is 0 Å². The molecule has 0 N–H and O–H groups in total. The Labute approximate surface area is 145 Å². The summed E-state index contributed by atoms with van der Waals surface area (Å²) in [6.07, 6.45) is 3.85. The highest BCUT2D eigenvalue weighted by Gasteiger charge is 2.12. The lowest BCUT2D eigenvalue weighted by Crippen LogP contribution is -1.91. The molecule has 118 valence electrons. The van der Waals surface area contributed by atoms with Crippen molar-refractivity contribution >= 4 is 40.1 Å². The SMILES string of the molecule is Fc1cccc(-c2nnc3sc(C=Cc4ccc(Cl)cc4)nn23)c1. The number of aromatic nitrogens is 4. The van der Waals surface area contributed by atoms with Gasteiger partial charge in [0.2, 0.25) is 4.96 Å². The number of benzene rings is 2. The van der Waals surface area contributed by atoms with Gasteiger partial charge in [0, 0.05) is 10.6 Å².